The summed E-state index contributed by atoms with van der Waals surface area (Å²) in [7, 11) is -3.80. The van der Waals surface area contributed by atoms with Crippen LogP contribution in [0.5, 0.6) is 11.5 Å². The summed E-state index contributed by atoms with van der Waals surface area (Å²) in [4.78, 5) is 11.6. The number of ether oxygens (including phenoxy) is 2. The fourth-order valence-electron chi connectivity index (χ4n) is 1.87. The van der Waals surface area contributed by atoms with Gasteiger partial charge in [-0.15, -0.1) is 0 Å². The van der Waals surface area contributed by atoms with Crippen molar-refractivity contribution in [1.29, 1.82) is 0 Å². The van der Waals surface area contributed by atoms with Crippen LogP contribution in [0.3, 0.4) is 0 Å². The largest absolute Gasteiger partial charge is 0.486 e. The summed E-state index contributed by atoms with van der Waals surface area (Å²) in [5.74, 6) is 0.519. The number of likely N-dealkylation sites (N-methyl/N-ethyl adjacent to an activating group) is 1. The SMILES string of the molecule is CCNC(=O)[C@H](C)NS(=O)(=O)c1ccc2c(c1)OCCO2. The number of nitrogens with one attached hydrogen (secondary N) is 2. The summed E-state index contributed by atoms with van der Waals surface area (Å²) in [6.07, 6.45) is 0. The third kappa shape index (κ3) is 3.64. The van der Waals surface area contributed by atoms with Crippen LogP contribution in [0.25, 0.3) is 0 Å². The number of benzene rings is 1. The topological polar surface area (TPSA) is 93.7 Å². The third-order valence-corrected chi connectivity index (χ3v) is 4.44. The van der Waals surface area contributed by atoms with Crippen LogP contribution < -0.4 is 19.5 Å². The van der Waals surface area contributed by atoms with E-state index in [2.05, 4.69) is 10.0 Å². The maximum absolute atomic E-state index is 12.2. The van der Waals surface area contributed by atoms with E-state index < -0.39 is 16.1 Å². The highest BCUT2D eigenvalue weighted by molar-refractivity contribution is 7.89. The Bertz CT molecular complexity index is 629. The lowest BCUT2D eigenvalue weighted by molar-refractivity contribution is -0.122. The van der Waals surface area contributed by atoms with Crippen LogP contribution in [0.1, 0.15) is 13.8 Å². The van der Waals surface area contributed by atoms with Crippen LogP contribution >= 0.6 is 0 Å². The van der Waals surface area contributed by atoms with Gasteiger partial charge in [0, 0.05) is 12.6 Å². The molecule has 0 saturated heterocycles. The van der Waals surface area contributed by atoms with Crippen molar-refractivity contribution in [3.8, 4) is 11.5 Å². The van der Waals surface area contributed by atoms with Gasteiger partial charge in [-0.25, -0.2) is 8.42 Å². The summed E-state index contributed by atoms with van der Waals surface area (Å²) in [6, 6.07) is 3.49. The molecule has 2 N–H and O–H groups in total. The second-order valence-electron chi connectivity index (χ2n) is 4.54. The average Bonchev–Trinajstić information content (AvgIpc) is 2.46. The van der Waals surface area contributed by atoms with Crippen molar-refractivity contribution in [2.24, 2.45) is 0 Å². The first-order valence-corrected chi connectivity index (χ1v) is 8.12. The zero-order valence-electron chi connectivity index (χ0n) is 11.9. The molecule has 21 heavy (non-hydrogen) atoms. The normalized spacial score (nSPS) is 15.3. The molecular formula is C13H18N2O5S. The van der Waals surface area contributed by atoms with E-state index in [9.17, 15) is 13.2 Å². The Kier molecular flexibility index (Phi) is 4.69. The minimum atomic E-state index is -3.80. The Morgan fingerprint density at radius 2 is 1.95 bits per heavy atom. The third-order valence-electron chi connectivity index (χ3n) is 2.90. The Morgan fingerprint density at radius 1 is 1.29 bits per heavy atom. The molecule has 0 fully saturated rings. The van der Waals surface area contributed by atoms with Gasteiger partial charge < -0.3 is 14.8 Å². The molecule has 0 saturated carbocycles. The second-order valence-corrected chi connectivity index (χ2v) is 6.26. The van der Waals surface area contributed by atoms with E-state index in [0.717, 1.165) is 0 Å². The number of fused-ring (bicyclic) bond motifs is 1. The predicted molar refractivity (Wildman–Crippen MR) is 75.9 cm³/mol. The first-order chi connectivity index (χ1) is 9.94. The van der Waals surface area contributed by atoms with Crippen LogP contribution in [-0.2, 0) is 14.8 Å². The average molecular weight is 314 g/mol. The van der Waals surface area contributed by atoms with Gasteiger partial charge in [0.15, 0.2) is 11.5 Å². The van der Waals surface area contributed by atoms with E-state index in [4.69, 9.17) is 9.47 Å². The Labute approximate surface area is 123 Å². The number of rotatable bonds is 5. The van der Waals surface area contributed by atoms with E-state index in [-0.39, 0.29) is 10.8 Å². The highest BCUT2D eigenvalue weighted by Crippen LogP contribution is 2.32. The first kappa shape index (κ1) is 15.6. The molecule has 0 unspecified atom stereocenters. The number of amides is 1. The molecule has 1 aromatic carbocycles. The van der Waals surface area contributed by atoms with Crippen LogP contribution in [-0.4, -0.2) is 40.1 Å². The summed E-state index contributed by atoms with van der Waals surface area (Å²) < 4.78 is 37.5. The van der Waals surface area contributed by atoms with E-state index in [1.165, 1.54) is 19.1 Å². The zero-order chi connectivity index (χ0) is 15.5. The van der Waals surface area contributed by atoms with E-state index in [0.29, 0.717) is 31.3 Å². The van der Waals surface area contributed by atoms with Gasteiger partial charge in [0.1, 0.15) is 13.2 Å². The maximum atomic E-state index is 12.2. The molecule has 1 aliphatic heterocycles. The predicted octanol–water partition coefficient (Wildman–Crippen LogP) is 0.261. The van der Waals surface area contributed by atoms with E-state index in [1.54, 1.807) is 13.0 Å². The first-order valence-electron chi connectivity index (χ1n) is 6.63. The van der Waals surface area contributed by atoms with Crippen LogP contribution in [0.15, 0.2) is 23.1 Å². The van der Waals surface area contributed by atoms with Gasteiger partial charge in [-0.3, -0.25) is 4.79 Å². The molecule has 116 valence electrons. The number of carbonyl (C=O) groups excluding carboxylic acids is 1. The van der Waals surface area contributed by atoms with Gasteiger partial charge >= 0.3 is 0 Å². The lowest BCUT2D eigenvalue weighted by Gasteiger charge is -2.19. The van der Waals surface area contributed by atoms with Crippen molar-refractivity contribution in [3.63, 3.8) is 0 Å². The van der Waals surface area contributed by atoms with Gasteiger partial charge in [0.25, 0.3) is 0 Å². The van der Waals surface area contributed by atoms with E-state index in [1.807, 2.05) is 0 Å². The molecule has 1 atom stereocenters. The molecular weight excluding hydrogens is 296 g/mol. The molecule has 0 bridgehead atoms. The minimum Gasteiger partial charge on any atom is -0.486 e. The molecule has 0 radical (unpaired) electrons. The Hall–Kier alpha value is -1.80. The summed E-state index contributed by atoms with van der Waals surface area (Å²) >= 11 is 0. The van der Waals surface area contributed by atoms with Gasteiger partial charge in [-0.1, -0.05) is 0 Å². The van der Waals surface area contributed by atoms with E-state index >= 15 is 0 Å². The molecule has 0 aliphatic carbocycles. The highest BCUT2D eigenvalue weighted by atomic mass is 32.2. The smallest absolute Gasteiger partial charge is 0.241 e. The summed E-state index contributed by atoms with van der Waals surface area (Å²) in [6.45, 7) is 4.50. The molecule has 0 aromatic heterocycles. The van der Waals surface area contributed by atoms with Gasteiger partial charge in [0.05, 0.1) is 10.9 Å². The minimum absolute atomic E-state index is 0.0305. The molecule has 8 heteroatoms. The van der Waals surface area contributed by atoms with Crippen LogP contribution in [0.2, 0.25) is 0 Å². The summed E-state index contributed by atoms with van der Waals surface area (Å²) in [5, 5.41) is 2.56. The Balaban J connectivity index is 2.18. The number of hydrogen-bond donors (Lipinski definition) is 2. The molecule has 1 aliphatic rings. The van der Waals surface area contributed by atoms with Gasteiger partial charge in [0.2, 0.25) is 15.9 Å². The summed E-state index contributed by atoms with van der Waals surface area (Å²) in [5.41, 5.74) is 0. The quantitative estimate of drug-likeness (QED) is 0.813. The molecule has 1 amide bonds. The van der Waals surface area contributed by atoms with Gasteiger partial charge in [-0.2, -0.15) is 4.72 Å². The highest BCUT2D eigenvalue weighted by Gasteiger charge is 2.23. The maximum Gasteiger partial charge on any atom is 0.241 e. The van der Waals surface area contributed by atoms with Crippen molar-refractivity contribution >= 4 is 15.9 Å². The second kappa shape index (κ2) is 6.31. The van der Waals surface area contributed by atoms with Crippen LogP contribution in [0, 0.1) is 0 Å². The van der Waals surface area contributed by atoms with Gasteiger partial charge in [-0.05, 0) is 26.0 Å². The lowest BCUT2D eigenvalue weighted by atomic mass is 10.3. The molecule has 0 spiro atoms. The molecule has 1 heterocycles. The van der Waals surface area contributed by atoms with Crippen LogP contribution in [0.4, 0.5) is 0 Å². The molecule has 1 aromatic rings. The van der Waals surface area contributed by atoms with Crippen molar-refractivity contribution in [3.05, 3.63) is 18.2 Å². The monoisotopic (exact) mass is 314 g/mol. The lowest BCUT2D eigenvalue weighted by Crippen LogP contribution is -2.44. The molecule has 7 nitrogen and oxygen atoms in total. The number of hydrogen-bond acceptors (Lipinski definition) is 5. The Morgan fingerprint density at radius 3 is 2.62 bits per heavy atom. The fraction of sp³-hybridized carbons (Fsp3) is 0.462. The number of carbonyl (C=O) groups is 1. The van der Waals surface area contributed by atoms with Crippen molar-refractivity contribution in [2.75, 3.05) is 19.8 Å². The van der Waals surface area contributed by atoms with Crippen molar-refractivity contribution in [2.45, 2.75) is 24.8 Å². The number of sulfonamides is 1. The van der Waals surface area contributed by atoms with Crippen molar-refractivity contribution in [1.82, 2.24) is 10.0 Å². The fourth-order valence-corrected chi connectivity index (χ4v) is 3.09. The van der Waals surface area contributed by atoms with Crippen molar-refractivity contribution < 1.29 is 22.7 Å². The molecule has 2 rings (SSSR count). The zero-order valence-corrected chi connectivity index (χ0v) is 12.7. The standard InChI is InChI=1S/C13H18N2O5S/c1-3-14-13(16)9(2)15-21(17,18)10-4-5-11-12(8-10)20-7-6-19-11/h4-5,8-9,15H,3,6-7H2,1-2H3,(H,14,16)/t9-/m0/s1.